The van der Waals surface area contributed by atoms with E-state index in [2.05, 4.69) is 15.0 Å². The average molecular weight is 299 g/mol. The fraction of sp³-hybridized carbons (Fsp3) is 0.357. The lowest BCUT2D eigenvalue weighted by molar-refractivity contribution is -0.275. The summed E-state index contributed by atoms with van der Waals surface area (Å²) in [5.74, 6) is 0.612. The van der Waals surface area contributed by atoms with Crippen LogP contribution in [0.2, 0.25) is 0 Å². The summed E-state index contributed by atoms with van der Waals surface area (Å²) in [5.41, 5.74) is 0.448. The van der Waals surface area contributed by atoms with Crippen LogP contribution in [0.5, 0.6) is 5.75 Å². The van der Waals surface area contributed by atoms with Crippen molar-refractivity contribution < 1.29 is 17.9 Å². The molecule has 114 valence electrons. The summed E-state index contributed by atoms with van der Waals surface area (Å²) in [6.45, 7) is 2.23. The van der Waals surface area contributed by atoms with E-state index in [0.29, 0.717) is 12.1 Å². The topological polar surface area (TPSA) is 39.1 Å². The molecule has 0 aliphatic carbocycles. The van der Waals surface area contributed by atoms with Crippen molar-refractivity contribution in [3.8, 4) is 5.75 Å². The standard InChI is InChI=1S/C14H16F3N3O/c1-10(19-9-13-18-7-8-20(13)2)11-5-3-4-6-12(11)21-14(15,16)17/h3-8,10,19H,9H2,1-2H3/t10-/m0/s1. The van der Waals surface area contributed by atoms with Gasteiger partial charge in [0.25, 0.3) is 0 Å². The smallest absolute Gasteiger partial charge is 0.405 e. The molecule has 0 amide bonds. The summed E-state index contributed by atoms with van der Waals surface area (Å²) < 4.78 is 43.1. The summed E-state index contributed by atoms with van der Waals surface area (Å²) in [4.78, 5) is 4.15. The van der Waals surface area contributed by atoms with E-state index in [1.54, 1.807) is 25.3 Å². The minimum absolute atomic E-state index is 0.190. The van der Waals surface area contributed by atoms with Crippen LogP contribution in [-0.4, -0.2) is 15.9 Å². The molecule has 0 saturated carbocycles. The number of hydrogen-bond acceptors (Lipinski definition) is 3. The van der Waals surface area contributed by atoms with E-state index in [9.17, 15) is 13.2 Å². The van der Waals surface area contributed by atoms with Gasteiger partial charge >= 0.3 is 6.36 Å². The van der Waals surface area contributed by atoms with Crippen LogP contribution in [0.1, 0.15) is 24.4 Å². The van der Waals surface area contributed by atoms with Crippen molar-refractivity contribution in [2.24, 2.45) is 7.05 Å². The molecule has 0 spiro atoms. The summed E-state index contributed by atoms with van der Waals surface area (Å²) in [5, 5.41) is 3.14. The van der Waals surface area contributed by atoms with Crippen LogP contribution >= 0.6 is 0 Å². The van der Waals surface area contributed by atoms with Crippen LogP contribution in [0.3, 0.4) is 0 Å². The number of ether oxygens (including phenoxy) is 1. The second kappa shape index (κ2) is 6.17. The highest BCUT2D eigenvalue weighted by molar-refractivity contribution is 5.35. The highest BCUT2D eigenvalue weighted by atomic mass is 19.4. The number of nitrogens with zero attached hydrogens (tertiary/aromatic N) is 2. The summed E-state index contributed by atoms with van der Waals surface area (Å²) in [7, 11) is 1.86. The molecule has 1 aromatic carbocycles. The Morgan fingerprint density at radius 3 is 2.67 bits per heavy atom. The van der Waals surface area contributed by atoms with E-state index < -0.39 is 6.36 Å². The molecule has 2 rings (SSSR count). The van der Waals surface area contributed by atoms with Crippen molar-refractivity contribution in [1.29, 1.82) is 0 Å². The molecule has 1 aromatic heterocycles. The number of benzene rings is 1. The van der Waals surface area contributed by atoms with Gasteiger partial charge in [0.2, 0.25) is 0 Å². The quantitative estimate of drug-likeness (QED) is 0.921. The Hall–Kier alpha value is -2.02. The number of hydrogen-bond donors (Lipinski definition) is 1. The summed E-state index contributed by atoms with van der Waals surface area (Å²) in [6, 6.07) is 5.80. The first-order valence-corrected chi connectivity index (χ1v) is 6.41. The monoisotopic (exact) mass is 299 g/mol. The van der Waals surface area contributed by atoms with Gasteiger partial charge in [-0.15, -0.1) is 13.2 Å². The lowest BCUT2D eigenvalue weighted by Gasteiger charge is -2.19. The largest absolute Gasteiger partial charge is 0.573 e. The third kappa shape index (κ3) is 4.22. The molecule has 4 nitrogen and oxygen atoms in total. The molecule has 0 unspecified atom stereocenters. The third-order valence-electron chi connectivity index (χ3n) is 3.10. The fourth-order valence-corrected chi connectivity index (χ4v) is 1.98. The molecule has 0 saturated heterocycles. The Balaban J connectivity index is 2.08. The zero-order chi connectivity index (χ0) is 15.5. The van der Waals surface area contributed by atoms with Gasteiger partial charge in [-0.2, -0.15) is 0 Å². The van der Waals surface area contributed by atoms with E-state index in [1.165, 1.54) is 12.1 Å². The second-order valence-corrected chi connectivity index (χ2v) is 4.64. The predicted molar refractivity (Wildman–Crippen MR) is 71.6 cm³/mol. The van der Waals surface area contributed by atoms with Crippen LogP contribution in [-0.2, 0) is 13.6 Å². The van der Waals surface area contributed by atoms with E-state index in [-0.39, 0.29) is 11.8 Å². The minimum atomic E-state index is -4.70. The highest BCUT2D eigenvalue weighted by Crippen LogP contribution is 2.30. The lowest BCUT2D eigenvalue weighted by atomic mass is 10.1. The van der Waals surface area contributed by atoms with Gasteiger partial charge in [-0.1, -0.05) is 18.2 Å². The average Bonchev–Trinajstić information content (AvgIpc) is 2.80. The Morgan fingerprint density at radius 1 is 1.33 bits per heavy atom. The Kier molecular flexibility index (Phi) is 4.52. The highest BCUT2D eigenvalue weighted by Gasteiger charge is 2.32. The van der Waals surface area contributed by atoms with Crippen LogP contribution in [0, 0.1) is 0 Å². The first-order chi connectivity index (χ1) is 9.87. The molecule has 0 bridgehead atoms. The molecule has 0 fully saturated rings. The molecule has 21 heavy (non-hydrogen) atoms. The Morgan fingerprint density at radius 2 is 2.05 bits per heavy atom. The van der Waals surface area contributed by atoms with Gasteiger partial charge < -0.3 is 14.6 Å². The predicted octanol–water partition coefficient (Wildman–Crippen LogP) is 3.17. The van der Waals surface area contributed by atoms with E-state index in [4.69, 9.17) is 0 Å². The summed E-state index contributed by atoms with van der Waals surface area (Å²) in [6.07, 6.45) is -1.22. The number of rotatable bonds is 5. The number of nitrogens with one attached hydrogen (secondary N) is 1. The zero-order valence-corrected chi connectivity index (χ0v) is 11.7. The Labute approximate surface area is 120 Å². The minimum Gasteiger partial charge on any atom is -0.405 e. The normalized spacial score (nSPS) is 13.2. The van der Waals surface area contributed by atoms with Crippen LogP contribution in [0.25, 0.3) is 0 Å². The number of halogens is 3. The van der Waals surface area contributed by atoms with Gasteiger partial charge in [-0.25, -0.2) is 4.98 Å². The van der Waals surface area contributed by atoms with Crippen molar-refractivity contribution in [3.05, 3.63) is 48.0 Å². The molecular formula is C14H16F3N3O. The van der Waals surface area contributed by atoms with Gasteiger partial charge in [0.15, 0.2) is 0 Å². The van der Waals surface area contributed by atoms with E-state index in [1.807, 2.05) is 17.8 Å². The fourth-order valence-electron chi connectivity index (χ4n) is 1.98. The van der Waals surface area contributed by atoms with E-state index >= 15 is 0 Å². The molecule has 1 atom stereocenters. The van der Waals surface area contributed by atoms with Gasteiger partial charge in [-0.05, 0) is 13.0 Å². The summed E-state index contributed by atoms with van der Waals surface area (Å²) >= 11 is 0. The van der Waals surface area contributed by atoms with Gasteiger partial charge in [0, 0.05) is 31.0 Å². The molecule has 1 N–H and O–H groups in total. The van der Waals surface area contributed by atoms with Gasteiger partial charge in [0.1, 0.15) is 11.6 Å². The maximum atomic E-state index is 12.4. The molecule has 2 aromatic rings. The maximum absolute atomic E-state index is 12.4. The molecule has 7 heteroatoms. The number of imidazole rings is 1. The van der Waals surface area contributed by atoms with Gasteiger partial charge in [0.05, 0.1) is 6.54 Å². The lowest BCUT2D eigenvalue weighted by Crippen LogP contribution is -2.23. The first kappa shape index (κ1) is 15.4. The molecular weight excluding hydrogens is 283 g/mol. The van der Waals surface area contributed by atoms with Gasteiger partial charge in [-0.3, -0.25) is 0 Å². The number of alkyl halides is 3. The third-order valence-corrected chi connectivity index (χ3v) is 3.10. The second-order valence-electron chi connectivity index (χ2n) is 4.64. The molecule has 0 radical (unpaired) electrons. The molecule has 0 aliphatic heterocycles. The van der Waals surface area contributed by atoms with Crippen molar-refractivity contribution >= 4 is 0 Å². The Bertz CT molecular complexity index is 595. The molecule has 0 aliphatic rings. The van der Waals surface area contributed by atoms with Crippen LogP contribution < -0.4 is 10.1 Å². The van der Waals surface area contributed by atoms with Crippen molar-refractivity contribution in [2.45, 2.75) is 25.9 Å². The zero-order valence-electron chi connectivity index (χ0n) is 11.7. The number of aryl methyl sites for hydroxylation is 1. The number of para-hydroxylation sites is 1. The van der Waals surface area contributed by atoms with Crippen LogP contribution in [0.15, 0.2) is 36.7 Å². The van der Waals surface area contributed by atoms with Crippen LogP contribution in [0.4, 0.5) is 13.2 Å². The SMILES string of the molecule is C[C@H](NCc1nccn1C)c1ccccc1OC(F)(F)F. The number of aromatic nitrogens is 2. The van der Waals surface area contributed by atoms with E-state index in [0.717, 1.165) is 5.82 Å². The van der Waals surface area contributed by atoms with Crippen molar-refractivity contribution in [3.63, 3.8) is 0 Å². The first-order valence-electron chi connectivity index (χ1n) is 6.41. The van der Waals surface area contributed by atoms with Crippen molar-refractivity contribution in [1.82, 2.24) is 14.9 Å². The van der Waals surface area contributed by atoms with Crippen molar-refractivity contribution in [2.75, 3.05) is 0 Å². The maximum Gasteiger partial charge on any atom is 0.573 e. The molecule has 1 heterocycles.